The zero-order chi connectivity index (χ0) is 14.8. The Morgan fingerprint density at radius 3 is 2.11 bits per heavy atom. The molecule has 0 aromatic heterocycles. The van der Waals surface area contributed by atoms with E-state index in [-0.39, 0.29) is 5.91 Å². The first-order valence-electron chi connectivity index (χ1n) is 7.58. The topological polar surface area (TPSA) is 43.8 Å². The van der Waals surface area contributed by atoms with Gasteiger partial charge in [0.05, 0.1) is 6.10 Å². The lowest BCUT2D eigenvalue weighted by atomic mass is 10.1. The fourth-order valence-corrected chi connectivity index (χ4v) is 2.05. The Morgan fingerprint density at radius 2 is 1.68 bits per heavy atom. The van der Waals surface area contributed by atoms with E-state index in [1.54, 1.807) is 6.92 Å². The third kappa shape index (κ3) is 9.00. The predicted octanol–water partition coefficient (Wildman–Crippen LogP) is 1.97. The standard InChI is InChI=1S/C15H32N2O2/c1-6-16(7-2)10-11-17(12-13(3)4)15(19)9-8-14(5)18/h13-14,18H,6-12H2,1-5H3. The van der Waals surface area contributed by atoms with Crippen LogP contribution >= 0.6 is 0 Å². The predicted molar refractivity (Wildman–Crippen MR) is 80.1 cm³/mol. The zero-order valence-corrected chi connectivity index (χ0v) is 13.4. The van der Waals surface area contributed by atoms with Crippen LogP contribution in [0.2, 0.25) is 0 Å². The number of nitrogens with zero attached hydrogens (tertiary/aromatic N) is 2. The Bertz CT molecular complexity index is 238. The molecule has 0 saturated carbocycles. The van der Waals surface area contributed by atoms with Gasteiger partial charge < -0.3 is 14.9 Å². The van der Waals surface area contributed by atoms with Gasteiger partial charge in [0, 0.05) is 26.1 Å². The van der Waals surface area contributed by atoms with E-state index in [1.165, 1.54) is 0 Å². The van der Waals surface area contributed by atoms with Gasteiger partial charge in [0.1, 0.15) is 0 Å². The quantitative estimate of drug-likeness (QED) is 0.661. The second-order valence-electron chi connectivity index (χ2n) is 5.65. The summed E-state index contributed by atoms with van der Waals surface area (Å²) in [7, 11) is 0. The summed E-state index contributed by atoms with van der Waals surface area (Å²) >= 11 is 0. The largest absolute Gasteiger partial charge is 0.393 e. The molecule has 0 rings (SSSR count). The van der Waals surface area contributed by atoms with Crippen LogP contribution in [0, 0.1) is 5.92 Å². The van der Waals surface area contributed by atoms with Crippen LogP contribution in [0.1, 0.15) is 47.5 Å². The normalized spacial score (nSPS) is 13.1. The van der Waals surface area contributed by atoms with Crippen LogP contribution in [0.5, 0.6) is 0 Å². The second kappa shape index (κ2) is 10.2. The molecule has 1 N–H and O–H groups in total. The van der Waals surface area contributed by atoms with Crippen LogP contribution in [0.3, 0.4) is 0 Å². The average molecular weight is 272 g/mol. The minimum atomic E-state index is -0.396. The van der Waals surface area contributed by atoms with Crippen molar-refractivity contribution in [2.24, 2.45) is 5.92 Å². The van der Waals surface area contributed by atoms with Gasteiger partial charge >= 0.3 is 0 Å². The maximum atomic E-state index is 12.2. The Balaban J connectivity index is 4.32. The minimum Gasteiger partial charge on any atom is -0.393 e. The average Bonchev–Trinajstić information content (AvgIpc) is 2.35. The lowest BCUT2D eigenvalue weighted by molar-refractivity contribution is -0.132. The van der Waals surface area contributed by atoms with Gasteiger partial charge in [-0.05, 0) is 32.4 Å². The molecule has 0 heterocycles. The van der Waals surface area contributed by atoms with Gasteiger partial charge in [-0.15, -0.1) is 0 Å². The summed E-state index contributed by atoms with van der Waals surface area (Å²) in [5.41, 5.74) is 0. The van der Waals surface area contributed by atoms with Crippen LogP contribution in [0.4, 0.5) is 0 Å². The van der Waals surface area contributed by atoms with Gasteiger partial charge in [0.15, 0.2) is 0 Å². The van der Waals surface area contributed by atoms with Crippen molar-refractivity contribution < 1.29 is 9.90 Å². The van der Waals surface area contributed by atoms with Crippen LogP contribution < -0.4 is 0 Å². The number of carbonyl (C=O) groups excluding carboxylic acids is 1. The molecule has 1 unspecified atom stereocenters. The Kier molecular flexibility index (Phi) is 9.88. The highest BCUT2D eigenvalue weighted by Crippen LogP contribution is 2.06. The van der Waals surface area contributed by atoms with E-state index < -0.39 is 6.10 Å². The molecule has 1 atom stereocenters. The van der Waals surface area contributed by atoms with Gasteiger partial charge in [-0.1, -0.05) is 27.7 Å². The molecule has 0 aromatic carbocycles. The molecule has 0 spiro atoms. The fourth-order valence-electron chi connectivity index (χ4n) is 2.05. The maximum absolute atomic E-state index is 12.2. The van der Waals surface area contributed by atoms with E-state index in [0.29, 0.717) is 18.8 Å². The van der Waals surface area contributed by atoms with E-state index in [9.17, 15) is 9.90 Å². The highest BCUT2D eigenvalue weighted by molar-refractivity contribution is 5.76. The first-order chi connectivity index (χ1) is 8.90. The Morgan fingerprint density at radius 1 is 1.11 bits per heavy atom. The van der Waals surface area contributed by atoms with E-state index in [4.69, 9.17) is 0 Å². The first-order valence-corrected chi connectivity index (χ1v) is 7.58. The van der Waals surface area contributed by atoms with Gasteiger partial charge in [-0.3, -0.25) is 4.79 Å². The summed E-state index contributed by atoms with van der Waals surface area (Å²) in [6, 6.07) is 0. The van der Waals surface area contributed by atoms with Gasteiger partial charge in [-0.2, -0.15) is 0 Å². The van der Waals surface area contributed by atoms with Crippen molar-refractivity contribution in [1.29, 1.82) is 0 Å². The van der Waals surface area contributed by atoms with E-state index in [1.807, 2.05) is 4.90 Å². The second-order valence-corrected chi connectivity index (χ2v) is 5.65. The SMILES string of the molecule is CCN(CC)CCN(CC(C)C)C(=O)CCC(C)O. The number of amides is 1. The number of carbonyl (C=O) groups is 1. The number of likely N-dealkylation sites (N-methyl/N-ethyl adjacent to an activating group) is 1. The molecule has 0 radical (unpaired) electrons. The zero-order valence-electron chi connectivity index (χ0n) is 13.4. The van der Waals surface area contributed by atoms with Gasteiger partial charge in [0.2, 0.25) is 5.91 Å². The summed E-state index contributed by atoms with van der Waals surface area (Å²) in [6.07, 6.45) is 0.606. The molecule has 0 saturated heterocycles. The number of hydrogen-bond acceptors (Lipinski definition) is 3. The summed E-state index contributed by atoms with van der Waals surface area (Å²) in [4.78, 5) is 16.4. The molecular formula is C15H32N2O2. The number of aliphatic hydroxyl groups is 1. The minimum absolute atomic E-state index is 0.168. The molecule has 0 bridgehead atoms. The van der Waals surface area contributed by atoms with Crippen LogP contribution in [-0.2, 0) is 4.79 Å². The van der Waals surface area contributed by atoms with Crippen LogP contribution in [0.15, 0.2) is 0 Å². The number of rotatable bonds is 10. The van der Waals surface area contributed by atoms with Crippen LogP contribution in [-0.4, -0.2) is 59.6 Å². The third-order valence-electron chi connectivity index (χ3n) is 3.29. The molecule has 0 aliphatic carbocycles. The fraction of sp³-hybridized carbons (Fsp3) is 0.933. The van der Waals surface area contributed by atoms with Crippen molar-refractivity contribution in [3.63, 3.8) is 0 Å². The highest BCUT2D eigenvalue weighted by atomic mass is 16.3. The molecule has 4 heteroatoms. The number of aliphatic hydroxyl groups excluding tert-OH is 1. The van der Waals surface area contributed by atoms with Crippen molar-refractivity contribution in [1.82, 2.24) is 9.80 Å². The Labute approximate surface area is 118 Å². The molecule has 1 amide bonds. The molecular weight excluding hydrogens is 240 g/mol. The van der Waals surface area contributed by atoms with Crippen molar-refractivity contribution in [3.8, 4) is 0 Å². The lowest BCUT2D eigenvalue weighted by Crippen LogP contribution is -2.40. The van der Waals surface area contributed by atoms with E-state index in [2.05, 4.69) is 32.6 Å². The van der Waals surface area contributed by atoms with Crippen LogP contribution in [0.25, 0.3) is 0 Å². The van der Waals surface area contributed by atoms with E-state index >= 15 is 0 Å². The highest BCUT2D eigenvalue weighted by Gasteiger charge is 2.16. The monoisotopic (exact) mass is 272 g/mol. The summed E-state index contributed by atoms with van der Waals surface area (Å²) in [6.45, 7) is 14.9. The Hall–Kier alpha value is -0.610. The van der Waals surface area contributed by atoms with Crippen molar-refractivity contribution in [2.45, 2.75) is 53.6 Å². The summed E-state index contributed by atoms with van der Waals surface area (Å²) in [5.74, 6) is 0.647. The summed E-state index contributed by atoms with van der Waals surface area (Å²) < 4.78 is 0. The van der Waals surface area contributed by atoms with Gasteiger partial charge in [0.25, 0.3) is 0 Å². The molecule has 114 valence electrons. The molecule has 19 heavy (non-hydrogen) atoms. The maximum Gasteiger partial charge on any atom is 0.222 e. The third-order valence-corrected chi connectivity index (χ3v) is 3.29. The molecule has 4 nitrogen and oxygen atoms in total. The first kappa shape index (κ1) is 18.4. The summed E-state index contributed by atoms with van der Waals surface area (Å²) in [5, 5.41) is 9.28. The van der Waals surface area contributed by atoms with Gasteiger partial charge in [-0.25, -0.2) is 0 Å². The molecule has 0 aromatic rings. The lowest BCUT2D eigenvalue weighted by Gasteiger charge is -2.28. The van der Waals surface area contributed by atoms with E-state index in [0.717, 1.165) is 32.7 Å². The molecule has 0 aliphatic heterocycles. The molecule has 0 aliphatic rings. The van der Waals surface area contributed by atoms with Crippen molar-refractivity contribution in [2.75, 3.05) is 32.7 Å². The smallest absolute Gasteiger partial charge is 0.222 e. The van der Waals surface area contributed by atoms with Crippen molar-refractivity contribution in [3.05, 3.63) is 0 Å². The number of hydrogen-bond donors (Lipinski definition) is 1. The molecule has 0 fully saturated rings. The van der Waals surface area contributed by atoms with Crippen molar-refractivity contribution >= 4 is 5.91 Å².